The lowest BCUT2D eigenvalue weighted by atomic mass is 10.1. The third kappa shape index (κ3) is 4.88. The molecule has 0 aliphatic carbocycles. The largest absolute Gasteiger partial charge is 0.396 e. The molecule has 0 spiro atoms. The van der Waals surface area contributed by atoms with Crippen molar-refractivity contribution in [2.45, 2.75) is 13.3 Å². The molecule has 0 unspecified atom stereocenters. The van der Waals surface area contributed by atoms with E-state index in [4.69, 9.17) is 16.7 Å². The van der Waals surface area contributed by atoms with Crippen molar-refractivity contribution in [2.24, 2.45) is 0 Å². The molecule has 0 heterocycles. The van der Waals surface area contributed by atoms with Crippen LogP contribution in [-0.2, 0) is 0 Å². The number of benzene rings is 1. The number of amides is 1. The van der Waals surface area contributed by atoms with Crippen molar-refractivity contribution in [2.75, 3.05) is 24.7 Å². The molecular formula is C13H18ClNO2S. The summed E-state index contributed by atoms with van der Waals surface area (Å²) >= 11 is 7.69. The zero-order chi connectivity index (χ0) is 13.4. The van der Waals surface area contributed by atoms with Crippen molar-refractivity contribution in [3.63, 3.8) is 0 Å². The van der Waals surface area contributed by atoms with E-state index in [-0.39, 0.29) is 12.5 Å². The highest BCUT2D eigenvalue weighted by atomic mass is 35.5. The van der Waals surface area contributed by atoms with Gasteiger partial charge in [0.25, 0.3) is 5.91 Å². The van der Waals surface area contributed by atoms with Crippen LogP contribution in [-0.4, -0.2) is 35.7 Å². The van der Waals surface area contributed by atoms with E-state index in [0.29, 0.717) is 17.1 Å². The van der Waals surface area contributed by atoms with Crippen molar-refractivity contribution < 1.29 is 9.90 Å². The number of hydrogen-bond donors (Lipinski definition) is 2. The first kappa shape index (κ1) is 15.3. The monoisotopic (exact) mass is 287 g/mol. The first-order valence-corrected chi connectivity index (χ1v) is 7.42. The maximum Gasteiger partial charge on any atom is 0.251 e. The molecule has 1 aromatic rings. The number of carbonyl (C=O) groups excluding carboxylic acids is 1. The molecule has 1 amide bonds. The van der Waals surface area contributed by atoms with Crippen LogP contribution in [0.15, 0.2) is 18.2 Å². The van der Waals surface area contributed by atoms with E-state index in [2.05, 4.69) is 5.32 Å². The van der Waals surface area contributed by atoms with Gasteiger partial charge in [0.2, 0.25) is 0 Å². The fourth-order valence-corrected chi connectivity index (χ4v) is 2.41. The van der Waals surface area contributed by atoms with Gasteiger partial charge in [0.05, 0.1) is 0 Å². The Morgan fingerprint density at radius 1 is 1.44 bits per heavy atom. The Labute approximate surface area is 117 Å². The number of nitrogens with one attached hydrogen (secondary N) is 1. The number of thioether (sulfide) groups is 1. The third-order valence-corrected chi connectivity index (χ3v) is 3.97. The van der Waals surface area contributed by atoms with E-state index in [0.717, 1.165) is 23.5 Å². The van der Waals surface area contributed by atoms with E-state index in [1.54, 1.807) is 30.0 Å². The lowest BCUT2D eigenvalue weighted by Gasteiger charge is -2.08. The van der Waals surface area contributed by atoms with Crippen LogP contribution in [0.3, 0.4) is 0 Å². The van der Waals surface area contributed by atoms with Crippen LogP contribution in [0, 0.1) is 6.92 Å². The standard InChI is InChI=1S/C13H18ClNO2S/c1-10-11(4-2-5-12(10)14)13(17)15-6-9-18-8-3-7-16/h2,4-5,16H,3,6-9H2,1H3,(H,15,17). The van der Waals surface area contributed by atoms with Gasteiger partial charge in [-0.1, -0.05) is 17.7 Å². The summed E-state index contributed by atoms with van der Waals surface area (Å²) in [7, 11) is 0. The molecular weight excluding hydrogens is 270 g/mol. The summed E-state index contributed by atoms with van der Waals surface area (Å²) in [5.74, 6) is 1.69. The fourth-order valence-electron chi connectivity index (χ4n) is 1.45. The van der Waals surface area contributed by atoms with Gasteiger partial charge in [-0.05, 0) is 36.8 Å². The smallest absolute Gasteiger partial charge is 0.251 e. The minimum atomic E-state index is -0.0854. The maximum absolute atomic E-state index is 11.9. The molecule has 0 atom stereocenters. The molecule has 1 rings (SSSR count). The average molecular weight is 288 g/mol. The van der Waals surface area contributed by atoms with Crippen LogP contribution < -0.4 is 5.32 Å². The minimum Gasteiger partial charge on any atom is -0.396 e. The Hall–Kier alpha value is -0.710. The van der Waals surface area contributed by atoms with Gasteiger partial charge < -0.3 is 10.4 Å². The summed E-state index contributed by atoms with van der Waals surface area (Å²) in [4.78, 5) is 11.9. The van der Waals surface area contributed by atoms with Gasteiger partial charge in [-0.2, -0.15) is 11.8 Å². The molecule has 0 aliphatic rings. The summed E-state index contributed by atoms with van der Waals surface area (Å²) in [6, 6.07) is 5.33. The summed E-state index contributed by atoms with van der Waals surface area (Å²) in [6.07, 6.45) is 0.798. The highest BCUT2D eigenvalue weighted by Crippen LogP contribution is 2.18. The topological polar surface area (TPSA) is 49.3 Å². The summed E-state index contributed by atoms with van der Waals surface area (Å²) in [5, 5.41) is 12.1. The van der Waals surface area contributed by atoms with Crippen LogP contribution in [0.25, 0.3) is 0 Å². The third-order valence-electron chi connectivity index (χ3n) is 2.49. The molecule has 0 bridgehead atoms. The molecule has 3 nitrogen and oxygen atoms in total. The van der Waals surface area contributed by atoms with Crippen molar-refractivity contribution in [1.82, 2.24) is 5.32 Å². The van der Waals surface area contributed by atoms with Crippen LogP contribution >= 0.6 is 23.4 Å². The molecule has 1 aromatic carbocycles. The highest BCUT2D eigenvalue weighted by molar-refractivity contribution is 7.99. The number of aliphatic hydroxyl groups is 1. The van der Waals surface area contributed by atoms with Crippen molar-refractivity contribution in [1.29, 1.82) is 0 Å². The van der Waals surface area contributed by atoms with Gasteiger partial charge in [-0.3, -0.25) is 4.79 Å². The first-order chi connectivity index (χ1) is 8.66. The molecule has 100 valence electrons. The van der Waals surface area contributed by atoms with Crippen LogP contribution in [0.4, 0.5) is 0 Å². The number of aliphatic hydroxyl groups excluding tert-OH is 1. The van der Waals surface area contributed by atoms with Gasteiger partial charge in [0.15, 0.2) is 0 Å². The summed E-state index contributed by atoms with van der Waals surface area (Å²) in [5.41, 5.74) is 1.44. The number of carbonyl (C=O) groups is 1. The maximum atomic E-state index is 11.9. The Kier molecular flexibility index (Phi) is 7.16. The van der Waals surface area contributed by atoms with Crippen LogP contribution in [0.5, 0.6) is 0 Å². The van der Waals surface area contributed by atoms with Gasteiger partial charge in [0.1, 0.15) is 0 Å². The molecule has 0 saturated heterocycles. The SMILES string of the molecule is Cc1c(Cl)cccc1C(=O)NCCSCCCO. The van der Waals surface area contributed by atoms with Crippen molar-refractivity contribution >= 4 is 29.3 Å². The second-order valence-electron chi connectivity index (χ2n) is 3.86. The molecule has 5 heteroatoms. The fraction of sp³-hybridized carbons (Fsp3) is 0.462. The van der Waals surface area contributed by atoms with Crippen molar-refractivity contribution in [3.05, 3.63) is 34.3 Å². The zero-order valence-electron chi connectivity index (χ0n) is 10.4. The predicted octanol–water partition coefficient (Wildman–Crippen LogP) is 2.49. The first-order valence-electron chi connectivity index (χ1n) is 5.88. The van der Waals surface area contributed by atoms with E-state index in [1.165, 1.54) is 0 Å². The summed E-state index contributed by atoms with van der Waals surface area (Å²) in [6.45, 7) is 2.69. The van der Waals surface area contributed by atoms with Crippen molar-refractivity contribution in [3.8, 4) is 0 Å². The molecule has 0 radical (unpaired) electrons. The number of rotatable bonds is 7. The average Bonchev–Trinajstić information content (AvgIpc) is 2.36. The molecule has 0 aliphatic heterocycles. The lowest BCUT2D eigenvalue weighted by Crippen LogP contribution is -2.26. The Morgan fingerprint density at radius 2 is 2.22 bits per heavy atom. The molecule has 0 saturated carbocycles. The molecule has 2 N–H and O–H groups in total. The second kappa shape index (κ2) is 8.40. The van der Waals surface area contributed by atoms with E-state index >= 15 is 0 Å². The lowest BCUT2D eigenvalue weighted by molar-refractivity contribution is 0.0955. The minimum absolute atomic E-state index is 0.0854. The van der Waals surface area contributed by atoms with Gasteiger partial charge in [-0.15, -0.1) is 0 Å². The Morgan fingerprint density at radius 3 is 2.94 bits per heavy atom. The zero-order valence-corrected chi connectivity index (χ0v) is 12.0. The Bertz CT molecular complexity index is 399. The number of halogens is 1. The molecule has 0 aromatic heterocycles. The highest BCUT2D eigenvalue weighted by Gasteiger charge is 2.09. The van der Waals surface area contributed by atoms with Crippen LogP contribution in [0.1, 0.15) is 22.3 Å². The summed E-state index contributed by atoms with van der Waals surface area (Å²) < 4.78 is 0. The normalized spacial score (nSPS) is 10.4. The van der Waals surface area contributed by atoms with E-state index in [1.807, 2.05) is 6.92 Å². The molecule has 18 heavy (non-hydrogen) atoms. The van der Waals surface area contributed by atoms with E-state index in [9.17, 15) is 4.79 Å². The van der Waals surface area contributed by atoms with Gasteiger partial charge in [0, 0.05) is 29.5 Å². The van der Waals surface area contributed by atoms with Crippen LogP contribution in [0.2, 0.25) is 5.02 Å². The second-order valence-corrected chi connectivity index (χ2v) is 5.49. The van der Waals surface area contributed by atoms with Gasteiger partial charge >= 0.3 is 0 Å². The number of hydrogen-bond acceptors (Lipinski definition) is 3. The predicted molar refractivity (Wildman–Crippen MR) is 77.6 cm³/mol. The quantitative estimate of drug-likeness (QED) is 0.758. The Balaban J connectivity index is 2.35. The van der Waals surface area contributed by atoms with E-state index < -0.39 is 0 Å². The molecule has 0 fully saturated rings. The van der Waals surface area contributed by atoms with Gasteiger partial charge in [-0.25, -0.2) is 0 Å².